The van der Waals surface area contributed by atoms with Crippen molar-refractivity contribution < 1.29 is 0 Å². The average Bonchev–Trinajstić information content (AvgIpc) is 2.48. The van der Waals surface area contributed by atoms with Crippen LogP contribution in [0, 0.1) is 0 Å². The van der Waals surface area contributed by atoms with Crippen molar-refractivity contribution in [3.63, 3.8) is 0 Å². The quantitative estimate of drug-likeness (QED) is 0.639. The van der Waals surface area contributed by atoms with Crippen molar-refractivity contribution in [3.05, 3.63) is 70.8 Å². The highest BCUT2D eigenvalue weighted by atomic mass is 14.3. The highest BCUT2D eigenvalue weighted by Gasteiger charge is 2.26. The first kappa shape index (κ1) is 13.4. The Morgan fingerprint density at radius 1 is 0.900 bits per heavy atom. The highest BCUT2D eigenvalue weighted by molar-refractivity contribution is 5.44. The fourth-order valence-corrected chi connectivity index (χ4v) is 3.46. The Labute approximate surface area is 122 Å². The zero-order valence-electron chi connectivity index (χ0n) is 12.8. The van der Waals surface area contributed by atoms with Crippen LogP contribution < -0.4 is 0 Å². The van der Waals surface area contributed by atoms with Crippen LogP contribution >= 0.6 is 0 Å². The van der Waals surface area contributed by atoms with Crippen molar-refractivity contribution in [2.24, 2.45) is 0 Å². The molecule has 0 aliphatic heterocycles. The van der Waals surface area contributed by atoms with Gasteiger partial charge >= 0.3 is 0 Å². The van der Waals surface area contributed by atoms with Crippen molar-refractivity contribution in [2.45, 2.75) is 51.4 Å². The van der Waals surface area contributed by atoms with E-state index in [0.29, 0.717) is 17.8 Å². The van der Waals surface area contributed by atoms with Crippen LogP contribution in [-0.2, 0) is 0 Å². The van der Waals surface area contributed by atoms with Gasteiger partial charge in [0.25, 0.3) is 0 Å². The molecule has 3 rings (SSSR count). The number of hydrogen-bond donors (Lipinski definition) is 0. The van der Waals surface area contributed by atoms with Gasteiger partial charge in [0.15, 0.2) is 0 Å². The molecule has 0 spiro atoms. The number of hydrogen-bond acceptors (Lipinski definition) is 0. The Balaban J connectivity index is 2.06. The SMILES string of the molecule is CC(C)c1ccc2c(c1)[C@H](C)CC[C@H]2c1ccccc1. The first-order chi connectivity index (χ1) is 9.66. The van der Waals surface area contributed by atoms with Crippen molar-refractivity contribution in [1.29, 1.82) is 0 Å². The third kappa shape index (κ3) is 2.40. The molecule has 0 heterocycles. The molecular formula is C20H24. The third-order valence-electron chi connectivity index (χ3n) is 4.77. The lowest BCUT2D eigenvalue weighted by Crippen LogP contribution is -2.14. The highest BCUT2D eigenvalue weighted by Crippen LogP contribution is 2.42. The summed E-state index contributed by atoms with van der Waals surface area (Å²) < 4.78 is 0. The van der Waals surface area contributed by atoms with E-state index in [9.17, 15) is 0 Å². The van der Waals surface area contributed by atoms with Crippen molar-refractivity contribution >= 4 is 0 Å². The van der Waals surface area contributed by atoms with Crippen molar-refractivity contribution in [2.75, 3.05) is 0 Å². The summed E-state index contributed by atoms with van der Waals surface area (Å²) in [7, 11) is 0. The minimum Gasteiger partial charge on any atom is -0.0622 e. The van der Waals surface area contributed by atoms with E-state index in [4.69, 9.17) is 0 Å². The van der Waals surface area contributed by atoms with Crippen LogP contribution in [0.5, 0.6) is 0 Å². The molecule has 2 aromatic carbocycles. The summed E-state index contributed by atoms with van der Waals surface area (Å²) in [5, 5.41) is 0. The fourth-order valence-electron chi connectivity index (χ4n) is 3.46. The second-order valence-electron chi connectivity index (χ2n) is 6.48. The van der Waals surface area contributed by atoms with Crippen LogP contribution in [0.4, 0.5) is 0 Å². The van der Waals surface area contributed by atoms with Gasteiger partial charge in [0, 0.05) is 5.92 Å². The van der Waals surface area contributed by atoms with Crippen LogP contribution in [-0.4, -0.2) is 0 Å². The topological polar surface area (TPSA) is 0 Å². The predicted octanol–water partition coefficient (Wildman–Crippen LogP) is 5.84. The summed E-state index contributed by atoms with van der Waals surface area (Å²) in [6, 6.07) is 18.2. The number of rotatable bonds is 2. The Morgan fingerprint density at radius 2 is 1.65 bits per heavy atom. The Kier molecular flexibility index (Phi) is 3.65. The summed E-state index contributed by atoms with van der Waals surface area (Å²) in [4.78, 5) is 0. The molecule has 1 aliphatic rings. The van der Waals surface area contributed by atoms with Crippen molar-refractivity contribution in [1.82, 2.24) is 0 Å². The van der Waals surface area contributed by atoms with E-state index >= 15 is 0 Å². The molecule has 0 bridgehead atoms. The van der Waals surface area contributed by atoms with Gasteiger partial charge < -0.3 is 0 Å². The van der Waals surface area contributed by atoms with Gasteiger partial charge in [-0.25, -0.2) is 0 Å². The van der Waals surface area contributed by atoms with E-state index < -0.39 is 0 Å². The van der Waals surface area contributed by atoms with Gasteiger partial charge in [-0.2, -0.15) is 0 Å². The monoisotopic (exact) mass is 264 g/mol. The maximum Gasteiger partial charge on any atom is 0.00923 e. The van der Waals surface area contributed by atoms with Gasteiger partial charge in [-0.3, -0.25) is 0 Å². The maximum atomic E-state index is 2.46. The standard InChI is InChI=1S/C20H24/c1-14(2)17-10-12-19-18(16-7-5-4-6-8-16)11-9-15(3)20(19)13-17/h4-8,10,12-15,18H,9,11H2,1-3H3/t15-,18+/m1/s1. The molecule has 2 aromatic rings. The number of benzene rings is 2. The molecule has 0 heteroatoms. The first-order valence-corrected chi connectivity index (χ1v) is 7.85. The number of fused-ring (bicyclic) bond motifs is 1. The molecule has 0 fully saturated rings. The van der Waals surface area contributed by atoms with Crippen LogP contribution in [0.2, 0.25) is 0 Å². The second kappa shape index (κ2) is 5.44. The molecule has 0 radical (unpaired) electrons. The van der Waals surface area contributed by atoms with E-state index in [1.807, 2.05) is 0 Å². The zero-order chi connectivity index (χ0) is 14.1. The Bertz CT molecular complexity index is 580. The molecule has 0 saturated carbocycles. The zero-order valence-corrected chi connectivity index (χ0v) is 12.8. The Morgan fingerprint density at radius 3 is 2.35 bits per heavy atom. The molecule has 0 amide bonds. The van der Waals surface area contributed by atoms with Crippen LogP contribution in [0.3, 0.4) is 0 Å². The normalized spacial score (nSPS) is 21.8. The smallest absolute Gasteiger partial charge is 0.00923 e. The van der Waals surface area contributed by atoms with Crippen LogP contribution in [0.25, 0.3) is 0 Å². The lowest BCUT2D eigenvalue weighted by molar-refractivity contribution is 0.544. The van der Waals surface area contributed by atoms with Gasteiger partial charge in [0.05, 0.1) is 0 Å². The molecule has 1 aliphatic carbocycles. The lowest BCUT2D eigenvalue weighted by atomic mass is 9.74. The molecule has 0 N–H and O–H groups in total. The molecular weight excluding hydrogens is 240 g/mol. The van der Waals surface area contributed by atoms with E-state index in [2.05, 4.69) is 69.3 Å². The van der Waals surface area contributed by atoms with Gasteiger partial charge in [-0.1, -0.05) is 69.3 Å². The third-order valence-corrected chi connectivity index (χ3v) is 4.77. The minimum atomic E-state index is 0.587. The molecule has 0 saturated heterocycles. The summed E-state index contributed by atoms with van der Waals surface area (Å²) >= 11 is 0. The second-order valence-corrected chi connectivity index (χ2v) is 6.48. The predicted molar refractivity (Wildman–Crippen MR) is 86.5 cm³/mol. The largest absolute Gasteiger partial charge is 0.0622 e. The van der Waals surface area contributed by atoms with E-state index in [-0.39, 0.29) is 0 Å². The maximum absolute atomic E-state index is 2.46. The molecule has 2 atom stereocenters. The summed E-state index contributed by atoms with van der Waals surface area (Å²) in [6.45, 7) is 6.94. The van der Waals surface area contributed by atoms with Gasteiger partial charge in [0.2, 0.25) is 0 Å². The minimum absolute atomic E-state index is 0.587. The molecule has 0 nitrogen and oxygen atoms in total. The lowest BCUT2D eigenvalue weighted by Gasteiger charge is -2.31. The molecule has 104 valence electrons. The van der Waals surface area contributed by atoms with Gasteiger partial charge in [-0.15, -0.1) is 0 Å². The summed E-state index contributed by atoms with van der Waals surface area (Å²) in [6.07, 6.45) is 2.58. The van der Waals surface area contributed by atoms with Gasteiger partial charge in [-0.05, 0) is 46.9 Å². The van der Waals surface area contributed by atoms with Crippen LogP contribution in [0.1, 0.15) is 73.6 Å². The Hall–Kier alpha value is -1.56. The summed E-state index contributed by atoms with van der Waals surface area (Å²) in [5.41, 5.74) is 6.08. The average molecular weight is 264 g/mol. The van der Waals surface area contributed by atoms with E-state index in [0.717, 1.165) is 0 Å². The molecule has 20 heavy (non-hydrogen) atoms. The summed E-state index contributed by atoms with van der Waals surface area (Å²) in [5.74, 6) is 1.90. The van der Waals surface area contributed by atoms with E-state index in [1.54, 1.807) is 11.1 Å². The molecule has 0 unspecified atom stereocenters. The fraction of sp³-hybridized carbons (Fsp3) is 0.400. The van der Waals surface area contributed by atoms with Gasteiger partial charge in [0.1, 0.15) is 0 Å². The first-order valence-electron chi connectivity index (χ1n) is 7.85. The molecule has 0 aromatic heterocycles. The van der Waals surface area contributed by atoms with E-state index in [1.165, 1.54) is 24.0 Å². The van der Waals surface area contributed by atoms with Crippen LogP contribution in [0.15, 0.2) is 48.5 Å². The van der Waals surface area contributed by atoms with Crippen molar-refractivity contribution in [3.8, 4) is 0 Å².